The Morgan fingerprint density at radius 1 is 1.11 bits per heavy atom. The van der Waals surface area contributed by atoms with Gasteiger partial charge in [-0.25, -0.2) is 4.79 Å². The van der Waals surface area contributed by atoms with Crippen LogP contribution in [-0.4, -0.2) is 21.2 Å². The number of nitrogens with zero attached hydrogens (tertiary/aromatic N) is 1. The molecule has 0 amide bonds. The average molecular weight is 239 g/mol. The second-order valence-electron chi connectivity index (χ2n) is 3.57. The molecule has 0 radical (unpaired) electrons. The lowest BCUT2D eigenvalue weighted by Crippen LogP contribution is -1.97. The third-order valence-corrected chi connectivity index (χ3v) is 2.18. The van der Waals surface area contributed by atoms with Crippen molar-refractivity contribution in [3.8, 4) is 17.6 Å². The molecule has 18 heavy (non-hydrogen) atoms. The molecule has 0 bridgehead atoms. The van der Waals surface area contributed by atoms with Crippen LogP contribution in [0.3, 0.4) is 0 Å². The number of aromatic nitrogens is 1. The normalized spacial score (nSPS) is 9.33. The van der Waals surface area contributed by atoms with E-state index in [1.807, 2.05) is 0 Å². The van der Waals surface area contributed by atoms with Crippen LogP contribution in [-0.2, 0) is 0 Å². The number of pyridine rings is 1. The highest BCUT2D eigenvalue weighted by Gasteiger charge is 2.02. The van der Waals surface area contributed by atoms with Crippen molar-refractivity contribution in [3.63, 3.8) is 0 Å². The van der Waals surface area contributed by atoms with Crippen molar-refractivity contribution in [2.75, 3.05) is 0 Å². The highest BCUT2D eigenvalue weighted by molar-refractivity contribution is 5.87. The first-order valence-corrected chi connectivity index (χ1v) is 5.14. The van der Waals surface area contributed by atoms with Gasteiger partial charge in [-0.3, -0.25) is 4.98 Å². The molecule has 2 aromatic rings. The molecule has 2 N–H and O–H groups in total. The molecule has 0 saturated carbocycles. The van der Waals surface area contributed by atoms with Gasteiger partial charge in [0, 0.05) is 23.5 Å². The predicted molar refractivity (Wildman–Crippen MR) is 65.3 cm³/mol. The van der Waals surface area contributed by atoms with E-state index >= 15 is 0 Å². The first-order chi connectivity index (χ1) is 8.65. The van der Waals surface area contributed by atoms with Crippen LogP contribution in [0, 0.1) is 11.8 Å². The Balaban J connectivity index is 2.30. The van der Waals surface area contributed by atoms with Gasteiger partial charge in [0.05, 0.1) is 5.56 Å². The molecule has 0 unspecified atom stereocenters. The average Bonchev–Trinajstić information content (AvgIpc) is 2.37. The third kappa shape index (κ3) is 2.86. The molecule has 1 aromatic carbocycles. The monoisotopic (exact) mass is 239 g/mol. The van der Waals surface area contributed by atoms with Crippen LogP contribution in [0.2, 0.25) is 0 Å². The minimum atomic E-state index is -1.04. The number of carboxylic acids is 1. The van der Waals surface area contributed by atoms with E-state index in [9.17, 15) is 9.90 Å². The molecule has 4 nitrogen and oxygen atoms in total. The number of benzene rings is 1. The summed E-state index contributed by atoms with van der Waals surface area (Å²) >= 11 is 0. The molecule has 0 atom stereocenters. The Bertz CT molecular complexity index is 653. The first-order valence-electron chi connectivity index (χ1n) is 5.14. The number of phenolic OH excluding ortho intramolecular Hbond substituents is 1. The van der Waals surface area contributed by atoms with Gasteiger partial charge in [0.1, 0.15) is 5.75 Å². The van der Waals surface area contributed by atoms with Gasteiger partial charge in [0.2, 0.25) is 0 Å². The van der Waals surface area contributed by atoms with E-state index in [4.69, 9.17) is 5.11 Å². The summed E-state index contributed by atoms with van der Waals surface area (Å²) in [6, 6.07) is 7.97. The second kappa shape index (κ2) is 5.02. The van der Waals surface area contributed by atoms with Crippen LogP contribution < -0.4 is 0 Å². The Morgan fingerprint density at radius 3 is 2.61 bits per heavy atom. The fourth-order valence-corrected chi connectivity index (χ4v) is 1.35. The lowest BCUT2D eigenvalue weighted by molar-refractivity contribution is 0.0696. The summed E-state index contributed by atoms with van der Waals surface area (Å²) in [7, 11) is 0. The largest absolute Gasteiger partial charge is 0.508 e. The van der Waals surface area contributed by atoms with Gasteiger partial charge in [0.25, 0.3) is 0 Å². The molecule has 4 heteroatoms. The summed E-state index contributed by atoms with van der Waals surface area (Å²) in [4.78, 5) is 14.6. The quantitative estimate of drug-likeness (QED) is 0.745. The smallest absolute Gasteiger partial charge is 0.337 e. The number of hydrogen-bond acceptors (Lipinski definition) is 3. The van der Waals surface area contributed by atoms with Crippen molar-refractivity contribution in [2.24, 2.45) is 0 Å². The molecule has 0 aliphatic carbocycles. The number of phenols is 1. The number of aromatic carboxylic acids is 1. The summed E-state index contributed by atoms with van der Waals surface area (Å²) in [5.74, 6) is 4.72. The molecule has 0 spiro atoms. The van der Waals surface area contributed by atoms with Gasteiger partial charge < -0.3 is 10.2 Å². The SMILES string of the molecule is O=C(O)c1cncc(C#Cc2cccc(O)c2)c1. The van der Waals surface area contributed by atoms with Gasteiger partial charge in [-0.15, -0.1) is 0 Å². The summed E-state index contributed by atoms with van der Waals surface area (Å²) in [5, 5.41) is 18.1. The standard InChI is InChI=1S/C14H9NO3/c16-13-3-1-2-10(7-13)4-5-11-6-12(14(17)18)9-15-8-11/h1-3,6-9,16H,(H,17,18). The van der Waals surface area contributed by atoms with Crippen LogP contribution in [0.15, 0.2) is 42.7 Å². The lowest BCUT2D eigenvalue weighted by Gasteiger charge is -1.94. The van der Waals surface area contributed by atoms with E-state index in [2.05, 4.69) is 16.8 Å². The van der Waals surface area contributed by atoms with Crippen LogP contribution in [0.4, 0.5) is 0 Å². The number of carbonyl (C=O) groups is 1. The maximum absolute atomic E-state index is 10.8. The Morgan fingerprint density at radius 2 is 1.89 bits per heavy atom. The van der Waals surface area contributed by atoms with Crippen molar-refractivity contribution >= 4 is 5.97 Å². The molecular formula is C14H9NO3. The molecule has 0 fully saturated rings. The molecule has 2 rings (SSSR count). The van der Waals surface area contributed by atoms with Crippen molar-refractivity contribution in [2.45, 2.75) is 0 Å². The molecule has 0 saturated heterocycles. The zero-order valence-corrected chi connectivity index (χ0v) is 9.29. The second-order valence-corrected chi connectivity index (χ2v) is 3.57. The van der Waals surface area contributed by atoms with Crippen LogP contribution in [0.25, 0.3) is 0 Å². The summed E-state index contributed by atoms with van der Waals surface area (Å²) in [5.41, 5.74) is 1.26. The summed E-state index contributed by atoms with van der Waals surface area (Å²) < 4.78 is 0. The molecule has 88 valence electrons. The van der Waals surface area contributed by atoms with E-state index < -0.39 is 5.97 Å². The van der Waals surface area contributed by atoms with Gasteiger partial charge in [-0.05, 0) is 24.3 Å². The van der Waals surface area contributed by atoms with E-state index in [0.29, 0.717) is 11.1 Å². The van der Waals surface area contributed by atoms with E-state index in [0.717, 1.165) is 0 Å². The van der Waals surface area contributed by atoms with Gasteiger partial charge in [0.15, 0.2) is 0 Å². The van der Waals surface area contributed by atoms with E-state index in [-0.39, 0.29) is 11.3 Å². The first kappa shape index (κ1) is 11.7. The Kier molecular flexibility index (Phi) is 3.26. The van der Waals surface area contributed by atoms with Gasteiger partial charge in [-0.2, -0.15) is 0 Å². The van der Waals surface area contributed by atoms with Crippen molar-refractivity contribution in [3.05, 3.63) is 59.4 Å². The topological polar surface area (TPSA) is 70.4 Å². The van der Waals surface area contributed by atoms with Crippen molar-refractivity contribution in [1.29, 1.82) is 0 Å². The van der Waals surface area contributed by atoms with Crippen molar-refractivity contribution in [1.82, 2.24) is 4.98 Å². The molecule has 0 aliphatic rings. The van der Waals surface area contributed by atoms with E-state index in [1.165, 1.54) is 24.5 Å². The zero-order chi connectivity index (χ0) is 13.0. The molecular weight excluding hydrogens is 230 g/mol. The summed E-state index contributed by atoms with van der Waals surface area (Å²) in [6.45, 7) is 0. The Labute approximate surface area is 104 Å². The highest BCUT2D eigenvalue weighted by atomic mass is 16.4. The zero-order valence-electron chi connectivity index (χ0n) is 9.29. The fourth-order valence-electron chi connectivity index (χ4n) is 1.35. The fraction of sp³-hybridized carbons (Fsp3) is 0. The van der Waals surface area contributed by atoms with E-state index in [1.54, 1.807) is 18.2 Å². The molecule has 0 aliphatic heterocycles. The van der Waals surface area contributed by atoms with Gasteiger partial charge in [-0.1, -0.05) is 17.9 Å². The lowest BCUT2D eigenvalue weighted by atomic mass is 10.1. The Hall–Kier alpha value is -2.80. The van der Waals surface area contributed by atoms with Crippen molar-refractivity contribution < 1.29 is 15.0 Å². The number of carboxylic acid groups (broad SMARTS) is 1. The summed E-state index contributed by atoms with van der Waals surface area (Å²) in [6.07, 6.45) is 2.75. The maximum Gasteiger partial charge on any atom is 0.337 e. The van der Waals surface area contributed by atoms with Crippen LogP contribution in [0.1, 0.15) is 21.5 Å². The predicted octanol–water partition coefficient (Wildman–Crippen LogP) is 1.89. The maximum atomic E-state index is 10.8. The molecule has 1 heterocycles. The number of aromatic hydroxyl groups is 1. The minimum Gasteiger partial charge on any atom is -0.508 e. The third-order valence-electron chi connectivity index (χ3n) is 2.18. The van der Waals surface area contributed by atoms with Crippen LogP contribution >= 0.6 is 0 Å². The minimum absolute atomic E-state index is 0.0951. The number of hydrogen-bond donors (Lipinski definition) is 2. The highest BCUT2D eigenvalue weighted by Crippen LogP contribution is 2.09. The molecule has 1 aromatic heterocycles. The van der Waals surface area contributed by atoms with Crippen LogP contribution in [0.5, 0.6) is 5.75 Å². The van der Waals surface area contributed by atoms with Gasteiger partial charge >= 0.3 is 5.97 Å². The number of rotatable bonds is 1.